The first-order valence-electron chi connectivity index (χ1n) is 8.46. The van der Waals surface area contributed by atoms with Gasteiger partial charge >= 0.3 is 0 Å². The summed E-state index contributed by atoms with van der Waals surface area (Å²) in [5.41, 5.74) is 0.977. The number of anilines is 1. The predicted octanol–water partition coefficient (Wildman–Crippen LogP) is 2.05. The van der Waals surface area contributed by atoms with Gasteiger partial charge in [0.2, 0.25) is 15.9 Å². The SMILES string of the molecule is Cc1ccc(S(=O)(=O)N(C)C)cc1NC(=O)CCn1cnc2sccc2c1=O. The van der Waals surface area contributed by atoms with E-state index in [1.54, 1.807) is 24.4 Å². The molecular formula is C18H20N4O4S2. The quantitative estimate of drug-likeness (QED) is 0.658. The second-order valence-corrected chi connectivity index (χ2v) is 9.49. The molecule has 28 heavy (non-hydrogen) atoms. The van der Waals surface area contributed by atoms with Crippen LogP contribution in [-0.4, -0.2) is 42.3 Å². The molecule has 1 aromatic carbocycles. The fourth-order valence-corrected chi connectivity index (χ4v) is 4.25. The number of rotatable bonds is 6. The van der Waals surface area contributed by atoms with Crippen molar-refractivity contribution >= 4 is 43.2 Å². The minimum absolute atomic E-state index is 0.0569. The number of nitrogens with zero attached hydrogens (tertiary/aromatic N) is 3. The largest absolute Gasteiger partial charge is 0.326 e. The van der Waals surface area contributed by atoms with E-state index in [1.807, 2.05) is 0 Å². The molecule has 10 heteroatoms. The van der Waals surface area contributed by atoms with E-state index in [9.17, 15) is 18.0 Å². The lowest BCUT2D eigenvalue weighted by molar-refractivity contribution is -0.116. The fourth-order valence-electron chi connectivity index (χ4n) is 2.59. The van der Waals surface area contributed by atoms with Crippen molar-refractivity contribution in [1.82, 2.24) is 13.9 Å². The number of benzene rings is 1. The molecule has 148 valence electrons. The van der Waals surface area contributed by atoms with Crippen LogP contribution in [0.1, 0.15) is 12.0 Å². The Bertz CT molecular complexity index is 1200. The molecule has 1 amide bonds. The van der Waals surface area contributed by atoms with Crippen molar-refractivity contribution in [3.8, 4) is 0 Å². The summed E-state index contributed by atoms with van der Waals surface area (Å²) in [4.78, 5) is 29.7. The maximum atomic E-state index is 12.4. The molecule has 0 saturated carbocycles. The first kappa shape index (κ1) is 20.2. The number of thiophene rings is 1. The van der Waals surface area contributed by atoms with E-state index in [0.717, 1.165) is 9.87 Å². The Kier molecular flexibility index (Phi) is 5.64. The molecule has 0 aliphatic heterocycles. The highest BCUT2D eigenvalue weighted by molar-refractivity contribution is 7.89. The van der Waals surface area contributed by atoms with E-state index in [0.29, 0.717) is 15.9 Å². The Morgan fingerprint density at radius 1 is 1.29 bits per heavy atom. The normalized spacial score (nSPS) is 11.9. The number of carbonyl (C=O) groups is 1. The zero-order valence-electron chi connectivity index (χ0n) is 15.7. The van der Waals surface area contributed by atoms with Crippen LogP contribution < -0.4 is 10.9 Å². The maximum absolute atomic E-state index is 12.4. The van der Waals surface area contributed by atoms with E-state index in [2.05, 4.69) is 10.3 Å². The summed E-state index contributed by atoms with van der Waals surface area (Å²) in [6.07, 6.45) is 1.49. The van der Waals surface area contributed by atoms with Crippen molar-refractivity contribution in [2.24, 2.45) is 0 Å². The van der Waals surface area contributed by atoms with E-state index < -0.39 is 10.0 Å². The first-order chi connectivity index (χ1) is 13.2. The standard InChI is InChI=1S/C18H20N4O4S2/c1-12-4-5-13(28(25,26)21(2)3)10-15(12)20-16(23)6-8-22-11-19-17-14(18(22)24)7-9-27-17/h4-5,7,9-11H,6,8H2,1-3H3,(H,20,23). The van der Waals surface area contributed by atoms with Gasteiger partial charge in [-0.3, -0.25) is 14.2 Å². The summed E-state index contributed by atoms with van der Waals surface area (Å²) >= 11 is 1.39. The zero-order chi connectivity index (χ0) is 20.5. The lowest BCUT2D eigenvalue weighted by Crippen LogP contribution is -2.24. The summed E-state index contributed by atoms with van der Waals surface area (Å²) in [7, 11) is -0.703. The van der Waals surface area contributed by atoms with Crippen LogP contribution in [0.25, 0.3) is 10.2 Å². The molecule has 0 fully saturated rings. The molecule has 0 unspecified atom stereocenters. The van der Waals surface area contributed by atoms with Gasteiger partial charge in [0.15, 0.2) is 0 Å². The minimum Gasteiger partial charge on any atom is -0.326 e. The van der Waals surface area contributed by atoms with Crippen molar-refractivity contribution in [3.63, 3.8) is 0 Å². The van der Waals surface area contributed by atoms with Crippen LogP contribution in [0.15, 0.2) is 45.7 Å². The third-order valence-electron chi connectivity index (χ3n) is 4.29. The third-order valence-corrected chi connectivity index (χ3v) is 6.92. The van der Waals surface area contributed by atoms with Crippen molar-refractivity contribution < 1.29 is 13.2 Å². The highest BCUT2D eigenvalue weighted by Gasteiger charge is 2.18. The summed E-state index contributed by atoms with van der Waals surface area (Å²) in [5, 5.41) is 5.06. The molecular weight excluding hydrogens is 400 g/mol. The second-order valence-electron chi connectivity index (χ2n) is 6.44. The van der Waals surface area contributed by atoms with Gasteiger partial charge in [-0.25, -0.2) is 17.7 Å². The summed E-state index contributed by atoms with van der Waals surface area (Å²) < 4.78 is 27.1. The highest BCUT2D eigenvalue weighted by atomic mass is 32.2. The van der Waals surface area contributed by atoms with Gasteiger partial charge in [-0.1, -0.05) is 6.07 Å². The maximum Gasteiger partial charge on any atom is 0.262 e. The lowest BCUT2D eigenvalue weighted by Gasteiger charge is -2.14. The summed E-state index contributed by atoms with van der Waals surface area (Å²) in [5.74, 6) is -0.320. The van der Waals surface area contributed by atoms with Gasteiger partial charge in [-0.2, -0.15) is 0 Å². The number of carbonyl (C=O) groups excluding carboxylic acids is 1. The van der Waals surface area contributed by atoms with Gasteiger partial charge in [0.1, 0.15) is 4.83 Å². The van der Waals surface area contributed by atoms with Gasteiger partial charge in [-0.15, -0.1) is 11.3 Å². The Labute approximate surface area is 166 Å². The molecule has 0 radical (unpaired) electrons. The number of hydrogen-bond acceptors (Lipinski definition) is 6. The van der Waals surface area contributed by atoms with Crippen LogP contribution in [-0.2, 0) is 21.4 Å². The highest BCUT2D eigenvalue weighted by Crippen LogP contribution is 2.22. The van der Waals surface area contributed by atoms with Crippen molar-refractivity contribution in [2.45, 2.75) is 24.8 Å². The lowest BCUT2D eigenvalue weighted by atomic mass is 10.2. The average molecular weight is 421 g/mol. The molecule has 0 aliphatic carbocycles. The topological polar surface area (TPSA) is 101 Å². The van der Waals surface area contributed by atoms with Crippen LogP contribution in [0.5, 0.6) is 0 Å². The Balaban J connectivity index is 1.74. The number of amides is 1. The third kappa shape index (κ3) is 3.98. The number of fused-ring (bicyclic) bond motifs is 1. The molecule has 2 aromatic heterocycles. The summed E-state index contributed by atoms with van der Waals surface area (Å²) in [6.45, 7) is 1.96. The molecule has 2 heterocycles. The van der Waals surface area contributed by atoms with Crippen molar-refractivity contribution in [3.05, 3.63) is 51.9 Å². The van der Waals surface area contributed by atoms with Gasteiger partial charge in [0.05, 0.1) is 16.6 Å². The molecule has 3 rings (SSSR count). The number of nitrogens with one attached hydrogen (secondary N) is 1. The van der Waals surface area contributed by atoms with Gasteiger partial charge in [0, 0.05) is 32.7 Å². The second kappa shape index (κ2) is 7.82. The number of aromatic nitrogens is 2. The van der Waals surface area contributed by atoms with Gasteiger partial charge in [0.25, 0.3) is 5.56 Å². The van der Waals surface area contributed by atoms with Gasteiger partial charge in [-0.05, 0) is 36.1 Å². The number of aryl methyl sites for hydroxylation is 2. The van der Waals surface area contributed by atoms with Crippen LogP contribution in [0, 0.1) is 6.92 Å². The molecule has 0 aliphatic rings. The molecule has 8 nitrogen and oxygen atoms in total. The zero-order valence-corrected chi connectivity index (χ0v) is 17.3. The Hall–Kier alpha value is -2.56. The number of hydrogen-bond donors (Lipinski definition) is 1. The monoisotopic (exact) mass is 420 g/mol. The number of sulfonamides is 1. The molecule has 0 bridgehead atoms. The Morgan fingerprint density at radius 2 is 2.04 bits per heavy atom. The van der Waals surface area contributed by atoms with Crippen LogP contribution in [0.2, 0.25) is 0 Å². The first-order valence-corrected chi connectivity index (χ1v) is 10.8. The van der Waals surface area contributed by atoms with E-state index in [4.69, 9.17) is 0 Å². The van der Waals surface area contributed by atoms with Crippen LogP contribution in [0.3, 0.4) is 0 Å². The van der Waals surface area contributed by atoms with E-state index in [-0.39, 0.29) is 29.3 Å². The van der Waals surface area contributed by atoms with Crippen molar-refractivity contribution in [2.75, 3.05) is 19.4 Å². The predicted molar refractivity (Wildman–Crippen MR) is 109 cm³/mol. The summed E-state index contributed by atoms with van der Waals surface area (Å²) in [6, 6.07) is 6.30. The van der Waals surface area contributed by atoms with E-state index >= 15 is 0 Å². The average Bonchev–Trinajstić information content (AvgIpc) is 3.12. The molecule has 3 aromatic rings. The molecule has 0 saturated heterocycles. The van der Waals surface area contributed by atoms with Crippen LogP contribution >= 0.6 is 11.3 Å². The van der Waals surface area contributed by atoms with Gasteiger partial charge < -0.3 is 5.32 Å². The van der Waals surface area contributed by atoms with Crippen LogP contribution in [0.4, 0.5) is 5.69 Å². The molecule has 1 N–H and O–H groups in total. The molecule has 0 spiro atoms. The molecule has 0 atom stereocenters. The fraction of sp³-hybridized carbons (Fsp3) is 0.278. The smallest absolute Gasteiger partial charge is 0.262 e. The minimum atomic E-state index is -3.60. The van der Waals surface area contributed by atoms with Crippen molar-refractivity contribution in [1.29, 1.82) is 0 Å². The van der Waals surface area contributed by atoms with E-state index in [1.165, 1.54) is 48.5 Å². The Morgan fingerprint density at radius 3 is 2.75 bits per heavy atom.